The van der Waals surface area contributed by atoms with Crippen LogP contribution >= 0.6 is 0 Å². The molecule has 0 radical (unpaired) electrons. The number of carbonyl (C=O) groups excluding carboxylic acids is 3. The van der Waals surface area contributed by atoms with Crippen molar-refractivity contribution in [1.29, 1.82) is 0 Å². The average molecular weight is 386 g/mol. The van der Waals surface area contributed by atoms with Crippen LogP contribution in [0.5, 0.6) is 0 Å². The molecule has 1 aromatic carbocycles. The summed E-state index contributed by atoms with van der Waals surface area (Å²) in [7, 11) is 0. The molecule has 9 nitrogen and oxygen atoms in total. The second-order valence-electron chi connectivity index (χ2n) is 8.05. The van der Waals surface area contributed by atoms with Crippen molar-refractivity contribution in [2.24, 2.45) is 0 Å². The number of benzene rings is 1. The number of ether oxygens (including phenoxy) is 1. The third-order valence-corrected chi connectivity index (χ3v) is 4.93. The predicted molar refractivity (Wildman–Crippen MR) is 101 cm³/mol. The van der Waals surface area contributed by atoms with Gasteiger partial charge in [-0.2, -0.15) is 0 Å². The first-order valence-electron chi connectivity index (χ1n) is 9.25. The van der Waals surface area contributed by atoms with Gasteiger partial charge in [0, 0.05) is 19.5 Å². The monoisotopic (exact) mass is 386 g/mol. The zero-order chi connectivity index (χ0) is 20.2. The molecule has 4 rings (SSSR count). The van der Waals surface area contributed by atoms with E-state index in [1.54, 1.807) is 43.5 Å². The maximum absolute atomic E-state index is 13.1. The predicted octanol–water partition coefficient (Wildman–Crippen LogP) is 1.54. The van der Waals surface area contributed by atoms with Crippen molar-refractivity contribution in [3.05, 3.63) is 28.7 Å². The maximum atomic E-state index is 13.1. The number of hydrogen-bond acceptors (Lipinski definition) is 5. The summed E-state index contributed by atoms with van der Waals surface area (Å²) in [5.74, 6) is -0.815. The number of piperidine rings is 1. The minimum Gasteiger partial charge on any atom is -0.443 e. The summed E-state index contributed by atoms with van der Waals surface area (Å²) in [6.45, 7) is 5.98. The summed E-state index contributed by atoms with van der Waals surface area (Å²) in [6.07, 6.45) is -0.0318. The van der Waals surface area contributed by atoms with Gasteiger partial charge in [-0.15, -0.1) is 0 Å². The summed E-state index contributed by atoms with van der Waals surface area (Å²) in [6, 6.07) is 4.50. The summed E-state index contributed by atoms with van der Waals surface area (Å²) in [4.78, 5) is 51.0. The topological polar surface area (TPSA) is 103 Å². The molecule has 1 atom stereocenters. The van der Waals surface area contributed by atoms with Gasteiger partial charge in [0.2, 0.25) is 11.8 Å². The van der Waals surface area contributed by atoms with Crippen LogP contribution in [0.15, 0.2) is 23.0 Å². The Bertz CT molecular complexity index is 1060. The third-order valence-electron chi connectivity index (χ3n) is 4.93. The van der Waals surface area contributed by atoms with E-state index in [0.717, 1.165) is 0 Å². The standard InChI is InChI=1S/C19H22N4O5/c1-19(2,3)28-18(27)21-9-10-22-15-11(21)5-4-6-12(15)23(17(22)26)13-7-8-14(24)20-16(13)25/h4-6,13H,7-10H2,1-3H3,(H,20,24,25). The van der Waals surface area contributed by atoms with Gasteiger partial charge in [-0.05, 0) is 39.3 Å². The molecule has 148 valence electrons. The van der Waals surface area contributed by atoms with Gasteiger partial charge in [0.15, 0.2) is 0 Å². The molecular formula is C19H22N4O5. The van der Waals surface area contributed by atoms with Crippen LogP contribution in [0, 0.1) is 0 Å². The van der Waals surface area contributed by atoms with Crippen LogP contribution in [0.1, 0.15) is 39.7 Å². The van der Waals surface area contributed by atoms with Gasteiger partial charge in [0.05, 0.1) is 16.7 Å². The number of nitrogens with zero attached hydrogens (tertiary/aromatic N) is 3. The van der Waals surface area contributed by atoms with Gasteiger partial charge in [0.25, 0.3) is 0 Å². The molecule has 9 heteroatoms. The number of amides is 3. The third kappa shape index (κ3) is 2.87. The highest BCUT2D eigenvalue weighted by Crippen LogP contribution is 2.33. The molecule has 3 heterocycles. The zero-order valence-electron chi connectivity index (χ0n) is 16.0. The Morgan fingerprint density at radius 1 is 1.18 bits per heavy atom. The number of anilines is 1. The Balaban J connectivity index is 1.83. The summed E-state index contributed by atoms with van der Waals surface area (Å²) >= 11 is 0. The molecule has 0 bridgehead atoms. The molecule has 2 aliphatic rings. The van der Waals surface area contributed by atoms with E-state index in [2.05, 4.69) is 5.32 Å². The van der Waals surface area contributed by atoms with Crippen LogP contribution in [0.25, 0.3) is 11.0 Å². The SMILES string of the molecule is CC(C)(C)OC(=O)N1CCn2c(=O)n(C3CCC(=O)NC3=O)c3cccc1c32. The number of carbonyl (C=O) groups is 3. The van der Waals surface area contributed by atoms with Gasteiger partial charge in [-0.3, -0.25) is 28.9 Å². The first kappa shape index (κ1) is 18.3. The van der Waals surface area contributed by atoms with Crippen LogP contribution in [0.2, 0.25) is 0 Å². The highest BCUT2D eigenvalue weighted by Gasteiger charge is 2.35. The van der Waals surface area contributed by atoms with E-state index in [1.165, 1.54) is 9.47 Å². The van der Waals surface area contributed by atoms with Crippen molar-refractivity contribution in [2.75, 3.05) is 11.4 Å². The van der Waals surface area contributed by atoms with E-state index in [9.17, 15) is 19.2 Å². The molecule has 1 fully saturated rings. The molecule has 0 spiro atoms. The van der Waals surface area contributed by atoms with Crippen LogP contribution in [0.3, 0.4) is 0 Å². The molecule has 1 unspecified atom stereocenters. The van der Waals surface area contributed by atoms with Crippen molar-refractivity contribution < 1.29 is 19.1 Å². The maximum Gasteiger partial charge on any atom is 0.414 e. The quantitative estimate of drug-likeness (QED) is 0.749. The van der Waals surface area contributed by atoms with Gasteiger partial charge in [-0.25, -0.2) is 9.59 Å². The first-order valence-corrected chi connectivity index (χ1v) is 9.25. The second kappa shape index (κ2) is 6.22. The van der Waals surface area contributed by atoms with Crippen molar-refractivity contribution in [3.63, 3.8) is 0 Å². The summed E-state index contributed by atoms with van der Waals surface area (Å²) in [5.41, 5.74) is 0.766. The molecule has 1 saturated heterocycles. The number of imidazole rings is 1. The van der Waals surface area contributed by atoms with Crippen molar-refractivity contribution in [2.45, 2.75) is 51.8 Å². The highest BCUT2D eigenvalue weighted by molar-refractivity contribution is 6.02. The Kier molecular flexibility index (Phi) is 4.06. The fraction of sp³-hybridized carbons (Fsp3) is 0.474. The molecule has 3 amide bonds. The lowest BCUT2D eigenvalue weighted by Gasteiger charge is -2.30. The lowest BCUT2D eigenvalue weighted by Crippen LogP contribution is -2.45. The van der Waals surface area contributed by atoms with Crippen LogP contribution in [-0.4, -0.2) is 39.2 Å². The molecule has 1 aromatic heterocycles. The Morgan fingerprint density at radius 2 is 1.93 bits per heavy atom. The van der Waals surface area contributed by atoms with E-state index in [1.807, 2.05) is 0 Å². The van der Waals surface area contributed by atoms with Gasteiger partial charge >= 0.3 is 11.8 Å². The number of rotatable bonds is 1. The van der Waals surface area contributed by atoms with Crippen LogP contribution in [-0.2, 0) is 20.9 Å². The lowest BCUT2D eigenvalue weighted by atomic mass is 10.1. The molecular weight excluding hydrogens is 364 g/mol. The Morgan fingerprint density at radius 3 is 2.61 bits per heavy atom. The van der Waals surface area contributed by atoms with Gasteiger partial charge in [-0.1, -0.05) is 6.07 Å². The number of aromatic nitrogens is 2. The lowest BCUT2D eigenvalue weighted by molar-refractivity contribution is -0.135. The summed E-state index contributed by atoms with van der Waals surface area (Å²) < 4.78 is 8.51. The van der Waals surface area contributed by atoms with Crippen molar-refractivity contribution in [3.8, 4) is 0 Å². The van der Waals surface area contributed by atoms with Crippen molar-refractivity contribution in [1.82, 2.24) is 14.5 Å². The molecule has 0 saturated carbocycles. The minimum absolute atomic E-state index is 0.180. The number of nitrogens with one attached hydrogen (secondary N) is 1. The number of hydrogen-bond donors (Lipinski definition) is 1. The van der Waals surface area contributed by atoms with E-state index < -0.39 is 23.6 Å². The zero-order valence-corrected chi connectivity index (χ0v) is 16.0. The molecule has 1 N–H and O–H groups in total. The summed E-state index contributed by atoms with van der Waals surface area (Å²) in [5, 5.41) is 2.30. The largest absolute Gasteiger partial charge is 0.443 e. The van der Waals surface area contributed by atoms with E-state index in [-0.39, 0.29) is 24.4 Å². The van der Waals surface area contributed by atoms with E-state index >= 15 is 0 Å². The number of imide groups is 1. The first-order chi connectivity index (χ1) is 13.2. The average Bonchev–Trinajstić information content (AvgIpc) is 2.88. The smallest absolute Gasteiger partial charge is 0.414 e. The highest BCUT2D eigenvalue weighted by atomic mass is 16.6. The van der Waals surface area contributed by atoms with Gasteiger partial charge < -0.3 is 4.74 Å². The fourth-order valence-electron chi connectivity index (χ4n) is 3.80. The Labute approximate surface area is 160 Å². The molecule has 0 aliphatic carbocycles. The molecule has 2 aliphatic heterocycles. The fourth-order valence-corrected chi connectivity index (χ4v) is 3.80. The normalized spacial score (nSPS) is 19.7. The van der Waals surface area contributed by atoms with E-state index in [4.69, 9.17) is 4.74 Å². The second-order valence-corrected chi connectivity index (χ2v) is 8.05. The van der Waals surface area contributed by atoms with Crippen molar-refractivity contribution >= 4 is 34.6 Å². The minimum atomic E-state index is -0.753. The van der Waals surface area contributed by atoms with E-state index in [0.29, 0.717) is 29.8 Å². The van der Waals surface area contributed by atoms with Crippen LogP contribution in [0.4, 0.5) is 10.5 Å². The molecule has 2 aromatic rings. The van der Waals surface area contributed by atoms with Crippen LogP contribution < -0.4 is 15.9 Å². The number of para-hydroxylation sites is 1. The Hall–Kier alpha value is -3.10. The molecule has 28 heavy (non-hydrogen) atoms. The van der Waals surface area contributed by atoms with Gasteiger partial charge in [0.1, 0.15) is 11.6 Å².